The quantitative estimate of drug-likeness (QED) is 0.573. The van der Waals surface area contributed by atoms with Crippen LogP contribution in [0.15, 0.2) is 18.5 Å². The first kappa shape index (κ1) is 14.4. The lowest BCUT2D eigenvalue weighted by Gasteiger charge is -2.30. The molecule has 18 heavy (non-hydrogen) atoms. The van der Waals surface area contributed by atoms with Crippen molar-refractivity contribution in [2.45, 2.75) is 26.7 Å². The molecular formula is C12H20N4O2. The molecule has 6 heteroatoms. The van der Waals surface area contributed by atoms with Gasteiger partial charge in [-0.1, -0.05) is 13.8 Å². The molecule has 0 atom stereocenters. The van der Waals surface area contributed by atoms with Crippen LogP contribution < -0.4 is 11.1 Å². The lowest BCUT2D eigenvalue weighted by atomic mass is 9.82. The summed E-state index contributed by atoms with van der Waals surface area (Å²) in [6.07, 6.45) is 4.67. The number of hydrogen-bond acceptors (Lipinski definition) is 5. The predicted molar refractivity (Wildman–Crippen MR) is 71.5 cm³/mol. The second-order valence-electron chi connectivity index (χ2n) is 4.41. The molecule has 1 aromatic heterocycles. The Labute approximate surface area is 107 Å². The number of anilines is 1. The van der Waals surface area contributed by atoms with Gasteiger partial charge < -0.3 is 11.1 Å². The summed E-state index contributed by atoms with van der Waals surface area (Å²) in [5.41, 5.74) is 6.28. The van der Waals surface area contributed by atoms with Gasteiger partial charge in [0, 0.05) is 12.7 Å². The highest BCUT2D eigenvalue weighted by atomic mass is 16.6. The molecule has 0 saturated heterocycles. The molecule has 0 aliphatic heterocycles. The molecule has 0 radical (unpaired) electrons. The van der Waals surface area contributed by atoms with Crippen molar-refractivity contribution < 1.29 is 4.92 Å². The van der Waals surface area contributed by atoms with Crippen LogP contribution in [0.2, 0.25) is 0 Å². The maximum atomic E-state index is 10.9. The normalized spacial score (nSPS) is 11.3. The Balaban J connectivity index is 2.83. The topological polar surface area (TPSA) is 94.1 Å². The summed E-state index contributed by atoms with van der Waals surface area (Å²) < 4.78 is 0. The number of pyridine rings is 1. The van der Waals surface area contributed by atoms with Gasteiger partial charge in [-0.3, -0.25) is 15.1 Å². The smallest absolute Gasteiger partial charge is 0.310 e. The van der Waals surface area contributed by atoms with Crippen molar-refractivity contribution in [1.82, 2.24) is 4.98 Å². The first-order valence-corrected chi connectivity index (χ1v) is 6.11. The van der Waals surface area contributed by atoms with Crippen LogP contribution in [-0.4, -0.2) is 23.0 Å². The van der Waals surface area contributed by atoms with Gasteiger partial charge in [0.1, 0.15) is 11.9 Å². The Morgan fingerprint density at radius 3 is 2.67 bits per heavy atom. The number of nitro groups is 1. The van der Waals surface area contributed by atoms with E-state index < -0.39 is 4.92 Å². The molecule has 0 amide bonds. The second kappa shape index (κ2) is 6.30. The molecule has 6 nitrogen and oxygen atoms in total. The molecule has 0 unspecified atom stereocenters. The zero-order valence-electron chi connectivity index (χ0n) is 10.8. The SMILES string of the molecule is CCC(CC)(CN)CNc1ccncc1[N+](=O)[O-]. The van der Waals surface area contributed by atoms with Crippen LogP contribution in [0.4, 0.5) is 11.4 Å². The highest BCUT2D eigenvalue weighted by molar-refractivity contribution is 5.59. The number of nitrogens with zero attached hydrogens (tertiary/aromatic N) is 2. The first-order chi connectivity index (χ1) is 8.58. The van der Waals surface area contributed by atoms with Crippen LogP contribution in [0.3, 0.4) is 0 Å². The predicted octanol–water partition coefficient (Wildman–Crippen LogP) is 2.17. The van der Waals surface area contributed by atoms with Crippen LogP contribution >= 0.6 is 0 Å². The number of nitrogens with two attached hydrogens (primary N) is 1. The Kier molecular flexibility index (Phi) is 5.03. The number of aromatic nitrogens is 1. The van der Waals surface area contributed by atoms with Gasteiger partial charge in [0.15, 0.2) is 0 Å². The fourth-order valence-corrected chi connectivity index (χ4v) is 1.82. The average molecular weight is 252 g/mol. The van der Waals surface area contributed by atoms with Crippen LogP contribution in [-0.2, 0) is 0 Å². The van der Waals surface area contributed by atoms with Crippen LogP contribution in [0, 0.1) is 15.5 Å². The van der Waals surface area contributed by atoms with Gasteiger partial charge in [-0.2, -0.15) is 0 Å². The summed E-state index contributed by atoms with van der Waals surface area (Å²) in [5.74, 6) is 0. The van der Waals surface area contributed by atoms with Crippen molar-refractivity contribution in [3.8, 4) is 0 Å². The second-order valence-corrected chi connectivity index (χ2v) is 4.41. The van der Waals surface area contributed by atoms with E-state index in [0.717, 1.165) is 12.8 Å². The maximum absolute atomic E-state index is 10.9. The summed E-state index contributed by atoms with van der Waals surface area (Å²) in [5, 5.41) is 14.0. The minimum absolute atomic E-state index is 0.00405. The Morgan fingerprint density at radius 2 is 2.17 bits per heavy atom. The number of rotatable bonds is 7. The molecule has 0 aromatic carbocycles. The lowest BCUT2D eigenvalue weighted by Crippen LogP contribution is -2.36. The fraction of sp³-hybridized carbons (Fsp3) is 0.583. The molecule has 0 fully saturated rings. The van der Waals surface area contributed by atoms with E-state index in [2.05, 4.69) is 24.1 Å². The third-order valence-electron chi connectivity index (χ3n) is 3.58. The molecule has 0 spiro atoms. The van der Waals surface area contributed by atoms with Crippen LogP contribution in [0.5, 0.6) is 0 Å². The van der Waals surface area contributed by atoms with E-state index in [9.17, 15) is 10.1 Å². The lowest BCUT2D eigenvalue weighted by molar-refractivity contribution is -0.384. The molecule has 1 rings (SSSR count). The van der Waals surface area contributed by atoms with E-state index in [0.29, 0.717) is 18.8 Å². The average Bonchev–Trinajstić information content (AvgIpc) is 2.41. The molecule has 0 bridgehead atoms. The maximum Gasteiger partial charge on any atom is 0.310 e. The van der Waals surface area contributed by atoms with Gasteiger partial charge in [-0.15, -0.1) is 0 Å². The van der Waals surface area contributed by atoms with Gasteiger partial charge in [-0.05, 0) is 30.9 Å². The van der Waals surface area contributed by atoms with Crippen molar-refractivity contribution in [1.29, 1.82) is 0 Å². The standard InChI is InChI=1S/C12H20N4O2/c1-3-12(4-2,8-13)9-15-10-5-6-14-7-11(10)16(17)18/h5-7H,3-4,8-9,13H2,1-2H3,(H,14,15). The fourth-order valence-electron chi connectivity index (χ4n) is 1.82. The minimum Gasteiger partial charge on any atom is -0.379 e. The van der Waals surface area contributed by atoms with Crippen molar-refractivity contribution in [2.24, 2.45) is 11.1 Å². The Morgan fingerprint density at radius 1 is 1.50 bits per heavy atom. The van der Waals surface area contributed by atoms with Gasteiger partial charge in [-0.25, -0.2) is 0 Å². The summed E-state index contributed by atoms with van der Waals surface area (Å²) in [6.45, 7) is 5.35. The summed E-state index contributed by atoms with van der Waals surface area (Å²) >= 11 is 0. The zero-order chi connectivity index (χ0) is 13.6. The van der Waals surface area contributed by atoms with E-state index in [1.54, 1.807) is 6.07 Å². The van der Waals surface area contributed by atoms with Gasteiger partial charge in [0.25, 0.3) is 0 Å². The molecule has 100 valence electrons. The van der Waals surface area contributed by atoms with Crippen molar-refractivity contribution in [2.75, 3.05) is 18.4 Å². The van der Waals surface area contributed by atoms with Crippen LogP contribution in [0.25, 0.3) is 0 Å². The molecule has 0 saturated carbocycles. The molecule has 0 aliphatic carbocycles. The van der Waals surface area contributed by atoms with Crippen molar-refractivity contribution >= 4 is 11.4 Å². The van der Waals surface area contributed by atoms with E-state index in [-0.39, 0.29) is 11.1 Å². The first-order valence-electron chi connectivity index (χ1n) is 6.11. The summed E-state index contributed by atoms with van der Waals surface area (Å²) in [4.78, 5) is 14.2. The van der Waals surface area contributed by atoms with E-state index >= 15 is 0 Å². The van der Waals surface area contributed by atoms with Crippen molar-refractivity contribution in [3.05, 3.63) is 28.6 Å². The Hall–Kier alpha value is -1.69. The number of nitrogens with one attached hydrogen (secondary N) is 1. The molecule has 0 aliphatic rings. The highest BCUT2D eigenvalue weighted by Crippen LogP contribution is 2.28. The van der Waals surface area contributed by atoms with Gasteiger partial charge in [0.05, 0.1) is 4.92 Å². The van der Waals surface area contributed by atoms with E-state index in [1.165, 1.54) is 12.4 Å². The highest BCUT2D eigenvalue weighted by Gasteiger charge is 2.25. The Bertz CT molecular complexity index is 397. The van der Waals surface area contributed by atoms with E-state index in [1.807, 2.05) is 0 Å². The summed E-state index contributed by atoms with van der Waals surface area (Å²) in [6, 6.07) is 1.62. The van der Waals surface area contributed by atoms with E-state index in [4.69, 9.17) is 5.73 Å². The summed E-state index contributed by atoms with van der Waals surface area (Å²) in [7, 11) is 0. The largest absolute Gasteiger partial charge is 0.379 e. The third-order valence-corrected chi connectivity index (χ3v) is 3.58. The van der Waals surface area contributed by atoms with Gasteiger partial charge >= 0.3 is 5.69 Å². The van der Waals surface area contributed by atoms with Crippen LogP contribution in [0.1, 0.15) is 26.7 Å². The molecule has 3 N–H and O–H groups in total. The molecule has 1 aromatic rings. The van der Waals surface area contributed by atoms with Gasteiger partial charge in [0.2, 0.25) is 0 Å². The van der Waals surface area contributed by atoms with Crippen molar-refractivity contribution in [3.63, 3.8) is 0 Å². The minimum atomic E-state index is -0.433. The monoisotopic (exact) mass is 252 g/mol. The zero-order valence-corrected chi connectivity index (χ0v) is 10.8. The third kappa shape index (κ3) is 3.16. The number of hydrogen-bond donors (Lipinski definition) is 2. The molecule has 1 heterocycles. The molecular weight excluding hydrogens is 232 g/mol.